The monoisotopic (exact) mass is 1060 g/mol. The maximum absolute atomic E-state index is 12.9. The molecule has 0 aromatic rings. The number of aliphatic carboxylic acids is 1. The van der Waals surface area contributed by atoms with Crippen molar-refractivity contribution in [3.05, 3.63) is 36.5 Å². The van der Waals surface area contributed by atoms with Crippen LogP contribution in [0.3, 0.4) is 0 Å². The van der Waals surface area contributed by atoms with Crippen molar-refractivity contribution < 1.29 is 42.9 Å². The predicted molar refractivity (Wildman–Crippen MR) is 318 cm³/mol. The normalized spacial score (nSPS) is 12.9. The van der Waals surface area contributed by atoms with E-state index in [9.17, 15) is 19.5 Å². The number of carboxylic acids is 1. The van der Waals surface area contributed by atoms with E-state index >= 15 is 0 Å². The minimum Gasteiger partial charge on any atom is -0.477 e. The van der Waals surface area contributed by atoms with E-state index in [0.29, 0.717) is 17.4 Å². The molecular formula is C66H124NO8+. The Balaban J connectivity index is 3.96. The SMILES string of the molecule is CCCCCCC/C=C\C/C=C\C/C=C\CCCCCCCCCCCCCCCCCCCCCCCCC(=O)OC(COC(=O)CCCCCCCCCCCCCCC)COC(OCC[N+](C)(C)C)C(=O)O. The van der Waals surface area contributed by atoms with Crippen LogP contribution in [-0.2, 0) is 33.3 Å². The molecule has 0 saturated heterocycles. The van der Waals surface area contributed by atoms with Crippen LogP contribution in [0.15, 0.2) is 36.5 Å². The first-order valence-corrected chi connectivity index (χ1v) is 32.2. The van der Waals surface area contributed by atoms with Crippen LogP contribution in [0.25, 0.3) is 0 Å². The van der Waals surface area contributed by atoms with Gasteiger partial charge in [0, 0.05) is 12.8 Å². The fraction of sp³-hybridized carbons (Fsp3) is 0.864. The summed E-state index contributed by atoms with van der Waals surface area (Å²) in [6.45, 7) is 4.90. The van der Waals surface area contributed by atoms with Gasteiger partial charge in [-0.15, -0.1) is 0 Å². The van der Waals surface area contributed by atoms with Crippen LogP contribution in [-0.4, -0.2) is 87.4 Å². The first-order valence-electron chi connectivity index (χ1n) is 32.2. The van der Waals surface area contributed by atoms with Crippen LogP contribution in [0.4, 0.5) is 0 Å². The highest BCUT2D eigenvalue weighted by atomic mass is 16.7. The predicted octanol–water partition coefficient (Wildman–Crippen LogP) is 19.2. The molecule has 0 aliphatic heterocycles. The first-order chi connectivity index (χ1) is 36.6. The second-order valence-corrected chi connectivity index (χ2v) is 23.1. The Morgan fingerprint density at radius 3 is 1.07 bits per heavy atom. The fourth-order valence-corrected chi connectivity index (χ4v) is 9.44. The summed E-state index contributed by atoms with van der Waals surface area (Å²) >= 11 is 0. The zero-order valence-corrected chi connectivity index (χ0v) is 50.2. The Hall–Kier alpha value is -2.49. The van der Waals surface area contributed by atoms with Crippen LogP contribution in [0, 0.1) is 0 Å². The number of carboxylic acid groups (broad SMARTS) is 1. The molecule has 0 heterocycles. The molecule has 0 bridgehead atoms. The number of allylic oxidation sites excluding steroid dienone is 6. The van der Waals surface area contributed by atoms with Crippen molar-refractivity contribution in [1.82, 2.24) is 0 Å². The highest BCUT2D eigenvalue weighted by Crippen LogP contribution is 2.18. The maximum atomic E-state index is 12.9. The first kappa shape index (κ1) is 72.5. The Kier molecular flexibility index (Phi) is 55.8. The average molecular weight is 1060 g/mol. The van der Waals surface area contributed by atoms with Gasteiger partial charge >= 0.3 is 17.9 Å². The van der Waals surface area contributed by atoms with Gasteiger partial charge in [0.1, 0.15) is 13.2 Å². The Labute approximate surface area is 464 Å². The number of rotatable bonds is 60. The second-order valence-electron chi connectivity index (χ2n) is 23.1. The van der Waals surface area contributed by atoms with Crippen molar-refractivity contribution in [2.75, 3.05) is 47.5 Å². The number of esters is 2. The van der Waals surface area contributed by atoms with E-state index in [-0.39, 0.29) is 38.2 Å². The van der Waals surface area contributed by atoms with E-state index < -0.39 is 18.4 Å². The summed E-state index contributed by atoms with van der Waals surface area (Å²) in [7, 11) is 5.98. The van der Waals surface area contributed by atoms with Crippen molar-refractivity contribution in [2.45, 2.75) is 322 Å². The topological polar surface area (TPSA) is 108 Å². The molecule has 9 heteroatoms. The number of nitrogens with zero attached hydrogens (tertiary/aromatic N) is 1. The lowest BCUT2D eigenvalue weighted by atomic mass is 10.0. The molecule has 0 radical (unpaired) electrons. The van der Waals surface area contributed by atoms with Gasteiger partial charge in [-0.05, 0) is 51.4 Å². The third-order valence-corrected chi connectivity index (χ3v) is 14.4. The number of ether oxygens (including phenoxy) is 4. The molecule has 0 aromatic carbocycles. The molecule has 9 nitrogen and oxygen atoms in total. The van der Waals surface area contributed by atoms with Gasteiger partial charge < -0.3 is 28.5 Å². The highest BCUT2D eigenvalue weighted by Gasteiger charge is 2.25. The van der Waals surface area contributed by atoms with Crippen molar-refractivity contribution in [1.29, 1.82) is 0 Å². The van der Waals surface area contributed by atoms with Crippen LogP contribution in [0.1, 0.15) is 309 Å². The fourth-order valence-electron chi connectivity index (χ4n) is 9.44. The molecule has 0 aliphatic carbocycles. The van der Waals surface area contributed by atoms with E-state index in [1.165, 1.54) is 231 Å². The quantitative estimate of drug-likeness (QED) is 0.0211. The van der Waals surface area contributed by atoms with Crippen molar-refractivity contribution >= 4 is 17.9 Å². The van der Waals surface area contributed by atoms with Crippen molar-refractivity contribution in [2.24, 2.45) is 0 Å². The average Bonchev–Trinajstić information content (AvgIpc) is 3.38. The summed E-state index contributed by atoms with van der Waals surface area (Å²) in [5, 5.41) is 9.70. The summed E-state index contributed by atoms with van der Waals surface area (Å²) in [5.74, 6) is -1.98. The molecule has 0 amide bonds. The van der Waals surface area contributed by atoms with Gasteiger partial charge in [-0.1, -0.05) is 281 Å². The van der Waals surface area contributed by atoms with Gasteiger partial charge in [-0.25, -0.2) is 4.79 Å². The van der Waals surface area contributed by atoms with Gasteiger partial charge in [0.2, 0.25) is 0 Å². The number of unbranched alkanes of at least 4 members (excludes halogenated alkanes) is 39. The molecular weight excluding hydrogens is 935 g/mol. The van der Waals surface area contributed by atoms with Crippen LogP contribution >= 0.6 is 0 Å². The number of quaternary nitrogens is 1. The number of likely N-dealkylation sites (N-methyl/N-ethyl adjacent to an activating group) is 1. The maximum Gasteiger partial charge on any atom is 0.361 e. The zero-order chi connectivity index (χ0) is 54.8. The number of carbonyl (C=O) groups is 3. The molecule has 0 aromatic heterocycles. The lowest BCUT2D eigenvalue weighted by Crippen LogP contribution is -2.40. The summed E-state index contributed by atoms with van der Waals surface area (Å²) in [6, 6.07) is 0. The third kappa shape index (κ3) is 59.0. The number of hydrogen-bond acceptors (Lipinski definition) is 7. The van der Waals surface area contributed by atoms with E-state index in [2.05, 4.69) is 50.3 Å². The summed E-state index contributed by atoms with van der Waals surface area (Å²) in [6.07, 6.45) is 68.3. The molecule has 0 saturated carbocycles. The summed E-state index contributed by atoms with van der Waals surface area (Å²) in [5.41, 5.74) is 0. The highest BCUT2D eigenvalue weighted by molar-refractivity contribution is 5.71. The van der Waals surface area contributed by atoms with E-state index in [1.54, 1.807) is 0 Å². The van der Waals surface area contributed by atoms with Crippen LogP contribution < -0.4 is 0 Å². The molecule has 0 fully saturated rings. The zero-order valence-electron chi connectivity index (χ0n) is 50.2. The molecule has 2 unspecified atom stereocenters. The van der Waals surface area contributed by atoms with Gasteiger partial charge in [-0.2, -0.15) is 0 Å². The minimum atomic E-state index is -1.51. The Bertz CT molecular complexity index is 1320. The number of hydrogen-bond donors (Lipinski definition) is 1. The number of carbonyl (C=O) groups excluding carboxylic acids is 2. The van der Waals surface area contributed by atoms with Gasteiger partial charge in [0.15, 0.2) is 6.10 Å². The van der Waals surface area contributed by atoms with E-state index in [1.807, 2.05) is 21.1 Å². The molecule has 440 valence electrons. The molecule has 0 aliphatic rings. The largest absolute Gasteiger partial charge is 0.477 e. The summed E-state index contributed by atoms with van der Waals surface area (Å²) < 4.78 is 22.9. The standard InChI is InChI=1S/C66H123NO8/c1-6-8-10-12-14-16-18-20-21-22-23-24-25-26-27-28-29-30-31-32-33-34-35-36-37-38-39-40-41-42-43-45-47-49-51-53-55-57-64(69)75-62(61-74-66(65(70)71)72-59-58-67(3,4)5)60-73-63(68)56-54-52-50-48-46-44-19-17-15-13-11-9-7-2/h18,20,22-23,25-26,62,66H,6-17,19,21,24,27-61H2,1-5H3/p+1/b20-18-,23-22-,26-25-. The second kappa shape index (κ2) is 57.7. The van der Waals surface area contributed by atoms with E-state index in [0.717, 1.165) is 51.4 Å². The Morgan fingerprint density at radius 1 is 0.400 bits per heavy atom. The summed E-state index contributed by atoms with van der Waals surface area (Å²) in [4.78, 5) is 37.4. The smallest absolute Gasteiger partial charge is 0.361 e. The lowest BCUT2D eigenvalue weighted by Gasteiger charge is -2.25. The van der Waals surface area contributed by atoms with Crippen LogP contribution in [0.2, 0.25) is 0 Å². The lowest BCUT2D eigenvalue weighted by molar-refractivity contribution is -0.870. The molecule has 2 atom stereocenters. The van der Waals surface area contributed by atoms with Crippen molar-refractivity contribution in [3.8, 4) is 0 Å². The van der Waals surface area contributed by atoms with Gasteiger partial charge in [0.05, 0.1) is 34.4 Å². The Morgan fingerprint density at radius 2 is 0.720 bits per heavy atom. The van der Waals surface area contributed by atoms with Gasteiger partial charge in [-0.3, -0.25) is 9.59 Å². The molecule has 1 N–H and O–H groups in total. The minimum absolute atomic E-state index is 0.176. The van der Waals surface area contributed by atoms with Gasteiger partial charge in [0.25, 0.3) is 6.29 Å². The molecule has 0 rings (SSSR count). The van der Waals surface area contributed by atoms with E-state index in [4.69, 9.17) is 18.9 Å². The molecule has 75 heavy (non-hydrogen) atoms. The van der Waals surface area contributed by atoms with Crippen LogP contribution in [0.5, 0.6) is 0 Å². The van der Waals surface area contributed by atoms with Crippen molar-refractivity contribution in [3.63, 3.8) is 0 Å². The third-order valence-electron chi connectivity index (χ3n) is 14.4. The molecule has 0 spiro atoms.